The number of amides is 1. The van der Waals surface area contributed by atoms with Crippen molar-refractivity contribution in [2.24, 2.45) is 7.05 Å². The summed E-state index contributed by atoms with van der Waals surface area (Å²) in [4.78, 5) is 12.1. The number of carbonyl (C=O) groups is 1. The molecule has 3 aromatic rings. The molecule has 26 heavy (non-hydrogen) atoms. The first kappa shape index (κ1) is 17.7. The minimum absolute atomic E-state index is 0.0858. The number of nitrogens with one attached hydrogen (secondary N) is 1. The smallest absolute Gasteiger partial charge is 0.287 e. The molecule has 136 valence electrons. The highest BCUT2D eigenvalue weighted by atomic mass is 19.1. The average molecular weight is 361 g/mol. The van der Waals surface area contributed by atoms with Gasteiger partial charge in [-0.15, -0.1) is 0 Å². The Kier molecular flexibility index (Phi) is 5.01. The fourth-order valence-corrected chi connectivity index (χ4v) is 2.30. The molecule has 1 aromatic carbocycles. The Hall–Kier alpha value is -3.16. The number of hydrogen-bond acceptors (Lipinski definition) is 4. The SMILES string of the molecule is Cc1c(CNC(=O)c2ccc(COc3ccc(F)cc3F)o2)cnn1C. The van der Waals surface area contributed by atoms with Gasteiger partial charge in [0.15, 0.2) is 17.3 Å². The lowest BCUT2D eigenvalue weighted by molar-refractivity contribution is 0.0919. The molecule has 0 atom stereocenters. The molecule has 3 rings (SSSR count). The lowest BCUT2D eigenvalue weighted by Gasteiger charge is -2.05. The van der Waals surface area contributed by atoms with Gasteiger partial charge in [0.25, 0.3) is 5.91 Å². The van der Waals surface area contributed by atoms with E-state index in [0.29, 0.717) is 12.3 Å². The summed E-state index contributed by atoms with van der Waals surface area (Å²) in [5.41, 5.74) is 1.86. The van der Waals surface area contributed by atoms with Crippen molar-refractivity contribution in [2.75, 3.05) is 0 Å². The first-order valence-electron chi connectivity index (χ1n) is 7.86. The number of aromatic nitrogens is 2. The number of ether oxygens (including phenoxy) is 1. The van der Waals surface area contributed by atoms with E-state index in [1.165, 1.54) is 12.1 Å². The minimum Gasteiger partial charge on any atom is -0.483 e. The quantitative estimate of drug-likeness (QED) is 0.732. The van der Waals surface area contributed by atoms with Crippen LogP contribution in [0.4, 0.5) is 8.78 Å². The number of halogens is 2. The van der Waals surface area contributed by atoms with Gasteiger partial charge in [0.05, 0.1) is 6.20 Å². The van der Waals surface area contributed by atoms with Crippen molar-refractivity contribution in [3.8, 4) is 5.75 Å². The maximum Gasteiger partial charge on any atom is 0.287 e. The average Bonchev–Trinajstić information content (AvgIpc) is 3.20. The van der Waals surface area contributed by atoms with Crippen LogP contribution in [-0.2, 0) is 20.2 Å². The van der Waals surface area contributed by atoms with Crippen molar-refractivity contribution in [3.63, 3.8) is 0 Å². The lowest BCUT2D eigenvalue weighted by Crippen LogP contribution is -2.22. The van der Waals surface area contributed by atoms with Crippen LogP contribution in [0.15, 0.2) is 40.9 Å². The van der Waals surface area contributed by atoms with Crippen LogP contribution in [-0.4, -0.2) is 15.7 Å². The summed E-state index contributed by atoms with van der Waals surface area (Å²) in [5.74, 6) is -1.51. The molecular formula is C18H17F2N3O3. The number of nitrogens with zero attached hydrogens (tertiary/aromatic N) is 2. The second-order valence-corrected chi connectivity index (χ2v) is 5.69. The molecule has 0 aliphatic heterocycles. The normalized spacial score (nSPS) is 10.8. The van der Waals surface area contributed by atoms with Gasteiger partial charge in [-0.2, -0.15) is 5.10 Å². The summed E-state index contributed by atoms with van der Waals surface area (Å²) < 4.78 is 38.7. The maximum atomic E-state index is 13.5. The second-order valence-electron chi connectivity index (χ2n) is 5.69. The van der Waals surface area contributed by atoms with Crippen LogP contribution in [0.5, 0.6) is 5.75 Å². The molecule has 0 aliphatic rings. The maximum absolute atomic E-state index is 13.5. The molecule has 6 nitrogen and oxygen atoms in total. The van der Waals surface area contributed by atoms with E-state index in [0.717, 1.165) is 23.4 Å². The van der Waals surface area contributed by atoms with Gasteiger partial charge >= 0.3 is 0 Å². The van der Waals surface area contributed by atoms with Crippen molar-refractivity contribution < 1.29 is 22.7 Å². The third-order valence-electron chi connectivity index (χ3n) is 3.93. The Balaban J connectivity index is 1.56. The van der Waals surface area contributed by atoms with E-state index < -0.39 is 11.6 Å². The Labute approximate surface area is 148 Å². The number of aryl methyl sites for hydroxylation is 1. The Morgan fingerprint density at radius 2 is 2.12 bits per heavy atom. The highest BCUT2D eigenvalue weighted by molar-refractivity contribution is 5.91. The predicted molar refractivity (Wildman–Crippen MR) is 88.5 cm³/mol. The van der Waals surface area contributed by atoms with E-state index in [-0.39, 0.29) is 24.0 Å². The summed E-state index contributed by atoms with van der Waals surface area (Å²) in [6.07, 6.45) is 1.69. The van der Waals surface area contributed by atoms with E-state index in [4.69, 9.17) is 9.15 Å². The van der Waals surface area contributed by atoms with Gasteiger partial charge in [0.2, 0.25) is 0 Å². The molecule has 1 amide bonds. The number of benzene rings is 1. The molecule has 2 heterocycles. The summed E-state index contributed by atoms with van der Waals surface area (Å²) in [5, 5.41) is 6.85. The van der Waals surface area contributed by atoms with Gasteiger partial charge in [-0.3, -0.25) is 9.48 Å². The third-order valence-corrected chi connectivity index (χ3v) is 3.93. The van der Waals surface area contributed by atoms with Crippen molar-refractivity contribution in [1.29, 1.82) is 0 Å². The van der Waals surface area contributed by atoms with Gasteiger partial charge in [0, 0.05) is 30.9 Å². The Bertz CT molecular complexity index is 934. The van der Waals surface area contributed by atoms with Crippen LogP contribution in [0.2, 0.25) is 0 Å². The fourth-order valence-electron chi connectivity index (χ4n) is 2.30. The molecule has 0 fully saturated rings. The van der Waals surface area contributed by atoms with Crippen LogP contribution >= 0.6 is 0 Å². The van der Waals surface area contributed by atoms with Crippen LogP contribution in [0.1, 0.15) is 27.6 Å². The van der Waals surface area contributed by atoms with Gasteiger partial charge in [-0.05, 0) is 31.2 Å². The molecule has 0 spiro atoms. The van der Waals surface area contributed by atoms with Crippen LogP contribution in [0, 0.1) is 18.6 Å². The zero-order chi connectivity index (χ0) is 18.7. The van der Waals surface area contributed by atoms with E-state index in [2.05, 4.69) is 10.4 Å². The van der Waals surface area contributed by atoms with Crippen LogP contribution in [0.25, 0.3) is 0 Å². The Morgan fingerprint density at radius 1 is 1.31 bits per heavy atom. The molecule has 0 bridgehead atoms. The molecule has 0 aliphatic carbocycles. The van der Waals surface area contributed by atoms with Gasteiger partial charge in [-0.25, -0.2) is 8.78 Å². The number of rotatable bonds is 6. The van der Waals surface area contributed by atoms with E-state index in [9.17, 15) is 13.6 Å². The summed E-state index contributed by atoms with van der Waals surface area (Å²) in [6.45, 7) is 2.15. The van der Waals surface area contributed by atoms with Crippen LogP contribution in [0.3, 0.4) is 0 Å². The Morgan fingerprint density at radius 3 is 2.81 bits per heavy atom. The van der Waals surface area contributed by atoms with Crippen LogP contribution < -0.4 is 10.1 Å². The number of furan rings is 1. The second kappa shape index (κ2) is 7.38. The molecule has 0 unspecified atom stereocenters. The summed E-state index contributed by atoms with van der Waals surface area (Å²) in [7, 11) is 1.82. The monoisotopic (exact) mass is 361 g/mol. The van der Waals surface area contributed by atoms with Crippen molar-refractivity contribution in [2.45, 2.75) is 20.1 Å². The molecule has 1 N–H and O–H groups in total. The molecule has 2 aromatic heterocycles. The summed E-state index contributed by atoms with van der Waals surface area (Å²) >= 11 is 0. The number of carbonyl (C=O) groups excluding carboxylic acids is 1. The van der Waals surface area contributed by atoms with Gasteiger partial charge in [0.1, 0.15) is 18.2 Å². The van der Waals surface area contributed by atoms with Gasteiger partial charge < -0.3 is 14.5 Å². The number of hydrogen-bond donors (Lipinski definition) is 1. The van der Waals surface area contributed by atoms with Crippen molar-refractivity contribution in [1.82, 2.24) is 15.1 Å². The molecule has 0 saturated heterocycles. The van der Waals surface area contributed by atoms with Crippen molar-refractivity contribution in [3.05, 3.63) is 70.9 Å². The molecule has 0 radical (unpaired) electrons. The molecule has 0 saturated carbocycles. The molecule has 8 heteroatoms. The van der Waals surface area contributed by atoms with Crippen molar-refractivity contribution >= 4 is 5.91 Å². The largest absolute Gasteiger partial charge is 0.483 e. The van der Waals surface area contributed by atoms with E-state index >= 15 is 0 Å². The third kappa shape index (κ3) is 3.90. The lowest BCUT2D eigenvalue weighted by atomic mass is 10.2. The van der Waals surface area contributed by atoms with Gasteiger partial charge in [-0.1, -0.05) is 0 Å². The minimum atomic E-state index is -0.804. The first-order valence-corrected chi connectivity index (χ1v) is 7.86. The van der Waals surface area contributed by atoms with E-state index in [1.54, 1.807) is 16.9 Å². The topological polar surface area (TPSA) is 69.3 Å². The highest BCUT2D eigenvalue weighted by Crippen LogP contribution is 2.19. The predicted octanol–water partition coefficient (Wildman–Crippen LogP) is 3.11. The summed E-state index contributed by atoms with van der Waals surface area (Å²) in [6, 6.07) is 6.09. The first-order chi connectivity index (χ1) is 12.4. The zero-order valence-electron chi connectivity index (χ0n) is 14.3. The molecular weight excluding hydrogens is 344 g/mol. The standard InChI is InChI=1S/C18H17F2N3O3/c1-11-12(9-22-23(11)2)8-21-18(24)17-6-4-14(26-17)10-25-16-5-3-13(19)7-15(16)20/h3-7,9H,8,10H2,1-2H3,(H,21,24). The highest BCUT2D eigenvalue weighted by Gasteiger charge is 2.13. The fraction of sp³-hybridized carbons (Fsp3) is 0.222. The van der Waals surface area contributed by atoms with E-state index in [1.807, 2.05) is 14.0 Å². The zero-order valence-corrected chi connectivity index (χ0v) is 14.3.